The van der Waals surface area contributed by atoms with Gasteiger partial charge in [0.2, 0.25) is 0 Å². The van der Waals surface area contributed by atoms with Gasteiger partial charge in [-0.2, -0.15) is 0 Å². The van der Waals surface area contributed by atoms with Crippen LogP contribution in [0.25, 0.3) is 0 Å². The van der Waals surface area contributed by atoms with Gasteiger partial charge >= 0.3 is 5.97 Å². The molecule has 1 N–H and O–H groups in total. The van der Waals surface area contributed by atoms with E-state index in [0.717, 1.165) is 12.8 Å². The van der Waals surface area contributed by atoms with Gasteiger partial charge in [0.1, 0.15) is 0 Å². The molecule has 1 aromatic heterocycles. The van der Waals surface area contributed by atoms with Crippen molar-refractivity contribution in [1.29, 1.82) is 0 Å². The molecule has 0 aliphatic carbocycles. The molecular weight excluding hydrogens is 244 g/mol. The van der Waals surface area contributed by atoms with Gasteiger partial charge in [-0.15, -0.1) is 0 Å². The molecule has 0 aromatic carbocycles. The topological polar surface area (TPSA) is 70.5 Å². The number of carbonyl (C=O) groups excluding carboxylic acids is 1. The molecular formula is C14H18N2O3. The molecule has 1 aliphatic rings. The van der Waals surface area contributed by atoms with Crippen molar-refractivity contribution in [2.45, 2.75) is 32.7 Å². The molecule has 1 saturated heterocycles. The van der Waals surface area contributed by atoms with E-state index in [9.17, 15) is 9.59 Å². The monoisotopic (exact) mass is 262 g/mol. The minimum atomic E-state index is -1.11. The van der Waals surface area contributed by atoms with Crippen molar-refractivity contribution in [3.8, 4) is 0 Å². The van der Waals surface area contributed by atoms with E-state index in [1.54, 1.807) is 4.90 Å². The second-order valence-corrected chi connectivity index (χ2v) is 5.18. The highest BCUT2D eigenvalue weighted by molar-refractivity contribution is 6.04. The normalized spacial score (nSPS) is 18.9. The van der Waals surface area contributed by atoms with Crippen molar-refractivity contribution < 1.29 is 14.7 Å². The Morgan fingerprint density at radius 2 is 2.16 bits per heavy atom. The van der Waals surface area contributed by atoms with E-state index < -0.39 is 5.97 Å². The molecule has 1 fully saturated rings. The molecule has 19 heavy (non-hydrogen) atoms. The van der Waals surface area contributed by atoms with Gasteiger partial charge in [-0.05, 0) is 24.8 Å². The molecule has 0 bridgehead atoms. The third-order valence-corrected chi connectivity index (χ3v) is 3.61. The highest BCUT2D eigenvalue weighted by atomic mass is 16.4. The van der Waals surface area contributed by atoms with Crippen LogP contribution in [0.2, 0.25) is 0 Å². The third-order valence-electron chi connectivity index (χ3n) is 3.61. The van der Waals surface area contributed by atoms with Gasteiger partial charge in [0.15, 0.2) is 0 Å². The first-order chi connectivity index (χ1) is 9.02. The molecule has 1 aliphatic heterocycles. The van der Waals surface area contributed by atoms with Crippen LogP contribution in [0, 0.1) is 5.92 Å². The summed E-state index contributed by atoms with van der Waals surface area (Å²) in [7, 11) is 0. The van der Waals surface area contributed by atoms with Crippen LogP contribution in [-0.4, -0.2) is 39.5 Å². The fourth-order valence-electron chi connectivity index (χ4n) is 2.64. The van der Waals surface area contributed by atoms with E-state index >= 15 is 0 Å². The second kappa shape index (κ2) is 5.38. The molecule has 2 heterocycles. The Morgan fingerprint density at radius 3 is 2.79 bits per heavy atom. The first-order valence-corrected chi connectivity index (χ1v) is 6.50. The Balaban J connectivity index is 2.32. The maximum absolute atomic E-state index is 12.5. The average Bonchev–Trinajstić information content (AvgIpc) is 2.87. The van der Waals surface area contributed by atoms with E-state index in [0.29, 0.717) is 12.5 Å². The maximum atomic E-state index is 12.5. The Bertz CT molecular complexity index is 499. The van der Waals surface area contributed by atoms with Crippen molar-refractivity contribution in [2.75, 3.05) is 6.54 Å². The minimum Gasteiger partial charge on any atom is -0.478 e. The van der Waals surface area contributed by atoms with E-state index in [4.69, 9.17) is 5.11 Å². The predicted molar refractivity (Wildman–Crippen MR) is 70.1 cm³/mol. The van der Waals surface area contributed by atoms with Gasteiger partial charge in [0.05, 0.1) is 11.1 Å². The number of rotatable bonds is 3. The first kappa shape index (κ1) is 13.5. The number of nitrogens with zero attached hydrogens (tertiary/aromatic N) is 2. The molecule has 0 spiro atoms. The number of pyridine rings is 1. The summed E-state index contributed by atoms with van der Waals surface area (Å²) in [5.74, 6) is -0.936. The molecule has 0 saturated carbocycles. The summed E-state index contributed by atoms with van der Waals surface area (Å²) < 4.78 is 0. The van der Waals surface area contributed by atoms with Crippen LogP contribution >= 0.6 is 0 Å². The van der Waals surface area contributed by atoms with Crippen LogP contribution in [0.15, 0.2) is 18.5 Å². The molecule has 0 radical (unpaired) electrons. The van der Waals surface area contributed by atoms with Crippen molar-refractivity contribution in [3.63, 3.8) is 0 Å². The zero-order chi connectivity index (χ0) is 14.0. The highest BCUT2D eigenvalue weighted by Crippen LogP contribution is 2.26. The summed E-state index contributed by atoms with van der Waals surface area (Å²) in [6, 6.07) is 1.68. The second-order valence-electron chi connectivity index (χ2n) is 5.18. The Kier molecular flexibility index (Phi) is 3.83. The number of carboxylic acids is 1. The van der Waals surface area contributed by atoms with Crippen LogP contribution in [0.1, 0.15) is 47.4 Å². The quantitative estimate of drug-likeness (QED) is 0.905. The van der Waals surface area contributed by atoms with E-state index in [2.05, 4.69) is 18.8 Å². The third kappa shape index (κ3) is 2.59. The lowest BCUT2D eigenvalue weighted by molar-refractivity contribution is 0.0656. The van der Waals surface area contributed by atoms with Crippen molar-refractivity contribution in [3.05, 3.63) is 29.6 Å². The van der Waals surface area contributed by atoms with Crippen LogP contribution in [0.4, 0.5) is 0 Å². The Hall–Kier alpha value is -1.91. The lowest BCUT2D eigenvalue weighted by Crippen LogP contribution is -2.39. The van der Waals surface area contributed by atoms with E-state index in [1.165, 1.54) is 18.5 Å². The fraction of sp³-hybridized carbons (Fsp3) is 0.500. The zero-order valence-electron chi connectivity index (χ0n) is 11.2. The number of carboxylic acid groups (broad SMARTS) is 1. The summed E-state index contributed by atoms with van der Waals surface area (Å²) >= 11 is 0. The minimum absolute atomic E-state index is 0.0260. The van der Waals surface area contributed by atoms with Crippen LogP contribution in [-0.2, 0) is 0 Å². The zero-order valence-corrected chi connectivity index (χ0v) is 11.2. The van der Waals surface area contributed by atoms with Gasteiger partial charge in [0.25, 0.3) is 5.91 Å². The lowest BCUT2D eigenvalue weighted by atomic mass is 10.0. The Labute approximate surface area is 112 Å². The first-order valence-electron chi connectivity index (χ1n) is 6.50. The van der Waals surface area contributed by atoms with Gasteiger partial charge in [-0.3, -0.25) is 9.78 Å². The summed E-state index contributed by atoms with van der Waals surface area (Å²) in [6.07, 6.45) is 4.65. The number of hydrogen-bond donors (Lipinski definition) is 1. The molecule has 102 valence electrons. The largest absolute Gasteiger partial charge is 0.478 e. The van der Waals surface area contributed by atoms with Gasteiger partial charge in [-0.25, -0.2) is 4.79 Å². The molecule has 5 heteroatoms. The van der Waals surface area contributed by atoms with Gasteiger partial charge in [-0.1, -0.05) is 13.8 Å². The van der Waals surface area contributed by atoms with Crippen molar-refractivity contribution in [1.82, 2.24) is 9.88 Å². The molecule has 1 amide bonds. The van der Waals surface area contributed by atoms with Crippen LogP contribution in [0.3, 0.4) is 0 Å². The molecule has 1 atom stereocenters. The van der Waals surface area contributed by atoms with Crippen LogP contribution in [0.5, 0.6) is 0 Å². The SMILES string of the molecule is CC(C)C1CCCN1C(=O)c1ccncc1C(=O)O. The predicted octanol–water partition coefficient (Wildman–Crippen LogP) is 2.04. The molecule has 5 nitrogen and oxygen atoms in total. The van der Waals surface area contributed by atoms with Crippen molar-refractivity contribution >= 4 is 11.9 Å². The van der Waals surface area contributed by atoms with Gasteiger partial charge < -0.3 is 10.0 Å². The number of hydrogen-bond acceptors (Lipinski definition) is 3. The Morgan fingerprint density at radius 1 is 1.42 bits per heavy atom. The number of amides is 1. The molecule has 2 rings (SSSR count). The van der Waals surface area contributed by atoms with Crippen molar-refractivity contribution in [2.24, 2.45) is 5.92 Å². The summed E-state index contributed by atoms with van der Waals surface area (Å²) in [4.78, 5) is 29.2. The number of likely N-dealkylation sites (tertiary alicyclic amines) is 1. The highest BCUT2D eigenvalue weighted by Gasteiger charge is 2.32. The average molecular weight is 262 g/mol. The molecule has 1 aromatic rings. The van der Waals surface area contributed by atoms with E-state index in [-0.39, 0.29) is 23.1 Å². The summed E-state index contributed by atoms with van der Waals surface area (Å²) in [6.45, 7) is 4.87. The lowest BCUT2D eigenvalue weighted by Gasteiger charge is -2.28. The van der Waals surface area contributed by atoms with Gasteiger partial charge in [0, 0.05) is 25.0 Å². The fourth-order valence-corrected chi connectivity index (χ4v) is 2.64. The standard InChI is InChI=1S/C14H18N2O3/c1-9(2)12-4-3-7-16(12)13(17)10-5-6-15-8-11(10)14(18)19/h5-6,8-9,12H,3-4,7H2,1-2H3,(H,18,19). The number of carbonyl (C=O) groups is 2. The molecule has 1 unspecified atom stereocenters. The number of aromatic nitrogens is 1. The van der Waals surface area contributed by atoms with E-state index in [1.807, 2.05) is 0 Å². The summed E-state index contributed by atoms with van der Waals surface area (Å²) in [5, 5.41) is 9.12. The van der Waals surface area contributed by atoms with Crippen LogP contribution < -0.4 is 0 Å². The smallest absolute Gasteiger partial charge is 0.338 e. The summed E-state index contributed by atoms with van der Waals surface area (Å²) in [5.41, 5.74) is 0.206. The number of aromatic carboxylic acids is 1. The maximum Gasteiger partial charge on any atom is 0.338 e.